The number of hydrogen-bond acceptors (Lipinski definition) is 5. The molecule has 0 aliphatic heterocycles. The normalized spacial score (nSPS) is 14.1. The Bertz CT molecular complexity index is 1410. The number of sulfone groups is 1. The van der Waals surface area contributed by atoms with Crippen LogP contribution in [0.15, 0.2) is 56.7 Å². The predicted molar refractivity (Wildman–Crippen MR) is 130 cm³/mol. The summed E-state index contributed by atoms with van der Waals surface area (Å²) in [6.45, 7) is -0.0771. The number of alkyl halides is 3. The van der Waals surface area contributed by atoms with Crippen LogP contribution in [-0.4, -0.2) is 31.2 Å². The van der Waals surface area contributed by atoms with Crippen molar-refractivity contribution in [1.82, 2.24) is 9.78 Å². The first kappa shape index (κ1) is 26.5. The lowest BCUT2D eigenvalue weighted by Crippen LogP contribution is -2.17. The van der Waals surface area contributed by atoms with Crippen molar-refractivity contribution in [3.05, 3.63) is 63.3 Å². The van der Waals surface area contributed by atoms with Gasteiger partial charge in [-0.3, -0.25) is 9.48 Å². The van der Waals surface area contributed by atoms with E-state index in [2.05, 4.69) is 26.3 Å². The van der Waals surface area contributed by atoms with Crippen molar-refractivity contribution in [1.29, 1.82) is 0 Å². The van der Waals surface area contributed by atoms with Crippen molar-refractivity contribution in [3.8, 4) is 5.75 Å². The van der Waals surface area contributed by atoms with Crippen LogP contribution in [0.2, 0.25) is 5.02 Å². The zero-order chi connectivity index (χ0) is 26.3. The van der Waals surface area contributed by atoms with Crippen LogP contribution in [0.4, 0.5) is 18.9 Å². The molecule has 13 heteroatoms. The first-order valence-electron chi connectivity index (χ1n) is 10.7. The number of nitrogens with zero attached hydrogens (tertiary/aromatic N) is 2. The molecule has 0 atom stereocenters. The number of hydrogen-bond donors (Lipinski definition) is 1. The largest absolute Gasteiger partial charge is 0.497 e. The minimum Gasteiger partial charge on any atom is -0.497 e. The fraction of sp³-hybridized carbons (Fsp3) is 0.304. The number of nitrogens with one attached hydrogen (secondary N) is 1. The van der Waals surface area contributed by atoms with Gasteiger partial charge in [-0.25, -0.2) is 8.42 Å². The summed E-state index contributed by atoms with van der Waals surface area (Å²) < 4.78 is 72.4. The molecule has 7 nitrogen and oxygen atoms in total. The molecule has 0 bridgehead atoms. The molecule has 1 N–H and O–H groups in total. The van der Waals surface area contributed by atoms with Gasteiger partial charge < -0.3 is 10.1 Å². The van der Waals surface area contributed by atoms with Gasteiger partial charge in [0.1, 0.15) is 5.75 Å². The number of halogens is 5. The van der Waals surface area contributed by atoms with Crippen LogP contribution >= 0.6 is 27.5 Å². The monoisotopic (exact) mass is 605 g/mol. The van der Waals surface area contributed by atoms with Gasteiger partial charge in [0.25, 0.3) is 0 Å². The maximum atomic E-state index is 13.3. The molecule has 4 rings (SSSR count). The first-order chi connectivity index (χ1) is 16.9. The highest BCUT2D eigenvalue weighted by Gasteiger charge is 2.41. The average molecular weight is 607 g/mol. The summed E-state index contributed by atoms with van der Waals surface area (Å²) in [4.78, 5) is 12.5. The Balaban J connectivity index is 1.53. The van der Waals surface area contributed by atoms with E-state index in [0.29, 0.717) is 10.7 Å². The Hall–Kier alpha value is -2.57. The van der Waals surface area contributed by atoms with E-state index in [1.54, 1.807) is 0 Å². The third-order valence-corrected chi connectivity index (χ3v) is 8.33. The average Bonchev–Trinajstić information content (AvgIpc) is 3.59. The zero-order valence-electron chi connectivity index (χ0n) is 18.8. The summed E-state index contributed by atoms with van der Waals surface area (Å²) in [6.07, 6.45) is -3.30. The molecule has 0 unspecified atom stereocenters. The number of rotatable bonds is 8. The van der Waals surface area contributed by atoms with Gasteiger partial charge in [0, 0.05) is 29.1 Å². The maximum Gasteiger partial charge on any atom is 0.436 e. The minimum atomic E-state index is -4.62. The van der Waals surface area contributed by atoms with Gasteiger partial charge in [-0.1, -0.05) is 11.6 Å². The molecule has 0 saturated heterocycles. The summed E-state index contributed by atoms with van der Waals surface area (Å²) in [7, 11) is -2.59. The number of ether oxygens (including phenoxy) is 1. The fourth-order valence-electron chi connectivity index (χ4n) is 3.65. The third-order valence-electron chi connectivity index (χ3n) is 5.55. The molecule has 2 aromatic carbocycles. The van der Waals surface area contributed by atoms with E-state index in [4.69, 9.17) is 16.3 Å². The Morgan fingerprint density at radius 2 is 1.86 bits per heavy atom. The van der Waals surface area contributed by atoms with Gasteiger partial charge in [0.05, 0.1) is 33.6 Å². The smallest absolute Gasteiger partial charge is 0.436 e. The van der Waals surface area contributed by atoms with Gasteiger partial charge in [-0.2, -0.15) is 18.3 Å². The highest BCUT2D eigenvalue weighted by atomic mass is 79.9. The van der Waals surface area contributed by atoms with Crippen molar-refractivity contribution in [3.63, 3.8) is 0 Å². The number of aryl methyl sites for hydroxylation is 1. The third kappa shape index (κ3) is 5.70. The van der Waals surface area contributed by atoms with Gasteiger partial charge >= 0.3 is 6.18 Å². The van der Waals surface area contributed by atoms with Crippen LogP contribution in [0.25, 0.3) is 0 Å². The van der Waals surface area contributed by atoms with Gasteiger partial charge in [0.15, 0.2) is 5.69 Å². The molecular weight excluding hydrogens is 587 g/mol. The molecular formula is C23H20BrClF3N3O4S. The van der Waals surface area contributed by atoms with E-state index in [1.807, 2.05) is 0 Å². The lowest BCUT2D eigenvalue weighted by molar-refractivity contribution is -0.142. The van der Waals surface area contributed by atoms with E-state index in [0.717, 1.165) is 12.8 Å². The molecule has 1 heterocycles. The summed E-state index contributed by atoms with van der Waals surface area (Å²) >= 11 is 8.87. The van der Waals surface area contributed by atoms with Crippen molar-refractivity contribution in [2.75, 3.05) is 12.4 Å². The number of aromatic nitrogens is 2. The number of anilines is 1. The highest BCUT2D eigenvalue weighted by molar-refractivity contribution is 9.10. The van der Waals surface area contributed by atoms with E-state index < -0.39 is 27.6 Å². The summed E-state index contributed by atoms with van der Waals surface area (Å²) in [5, 5.41) is 6.67. The quantitative estimate of drug-likeness (QED) is 0.336. The van der Waals surface area contributed by atoms with Gasteiger partial charge in [0.2, 0.25) is 15.7 Å². The summed E-state index contributed by atoms with van der Waals surface area (Å²) in [5.41, 5.74) is -0.436. The number of benzene rings is 2. The number of carbonyl (C=O) groups excluding carboxylic acids is 1. The van der Waals surface area contributed by atoms with Crippen molar-refractivity contribution >= 4 is 49.0 Å². The topological polar surface area (TPSA) is 90.3 Å². The molecule has 1 aliphatic carbocycles. The van der Waals surface area contributed by atoms with E-state index in [-0.39, 0.29) is 44.6 Å². The highest BCUT2D eigenvalue weighted by Crippen LogP contribution is 2.47. The zero-order valence-corrected chi connectivity index (χ0v) is 21.9. The van der Waals surface area contributed by atoms with Crippen LogP contribution < -0.4 is 10.1 Å². The number of methoxy groups -OCH3 is 1. The van der Waals surface area contributed by atoms with Crippen molar-refractivity contribution < 1.29 is 31.1 Å². The lowest BCUT2D eigenvalue weighted by atomic mass is 10.2. The Morgan fingerprint density at radius 1 is 1.19 bits per heavy atom. The van der Waals surface area contributed by atoms with E-state index in [1.165, 1.54) is 54.3 Å². The van der Waals surface area contributed by atoms with Gasteiger partial charge in [-0.15, -0.1) is 0 Å². The van der Waals surface area contributed by atoms with Crippen molar-refractivity contribution in [2.24, 2.45) is 0 Å². The Labute approximate surface area is 218 Å². The van der Waals surface area contributed by atoms with E-state index >= 15 is 0 Å². The molecule has 0 radical (unpaired) electrons. The van der Waals surface area contributed by atoms with Crippen molar-refractivity contribution in [2.45, 2.75) is 47.7 Å². The van der Waals surface area contributed by atoms with Crippen LogP contribution in [0.5, 0.6) is 5.75 Å². The summed E-state index contributed by atoms with van der Waals surface area (Å²) in [6, 6.07) is 9.68. The second-order valence-corrected chi connectivity index (χ2v) is 11.4. The maximum absolute atomic E-state index is 13.3. The fourth-order valence-corrected chi connectivity index (χ4v) is 5.93. The Kier molecular flexibility index (Phi) is 7.40. The molecule has 0 spiro atoms. The molecule has 1 aromatic heterocycles. The molecule has 1 aliphatic rings. The number of amides is 1. The molecule has 3 aromatic rings. The molecule has 192 valence electrons. The number of carbonyl (C=O) groups is 1. The SMILES string of the molecule is COc1cc(NC(=O)CCn2nc(C(F)(F)F)c(Br)c2C2CC2)cc(S(=O)(=O)c2ccc(Cl)cc2)c1. The van der Waals surface area contributed by atoms with Gasteiger partial charge in [-0.05, 0) is 65.2 Å². The molecule has 1 amide bonds. The van der Waals surface area contributed by atoms with Crippen LogP contribution in [0.3, 0.4) is 0 Å². The van der Waals surface area contributed by atoms with Crippen LogP contribution in [0, 0.1) is 0 Å². The second kappa shape index (κ2) is 10.1. The van der Waals surface area contributed by atoms with Crippen LogP contribution in [0.1, 0.15) is 36.6 Å². The molecule has 36 heavy (non-hydrogen) atoms. The second-order valence-electron chi connectivity index (χ2n) is 8.20. The summed E-state index contributed by atoms with van der Waals surface area (Å²) in [5.74, 6) is -0.368. The standard InChI is InChI=1S/C23H20BrClF3N3O4S/c1-35-16-10-15(11-18(12-16)36(33,34)17-6-4-14(25)5-7-17)29-19(32)8-9-31-21(13-2-3-13)20(24)22(30-31)23(26,27)28/h4-7,10-13H,2-3,8-9H2,1H3,(H,29,32). The molecule has 1 fully saturated rings. The molecule has 1 saturated carbocycles. The van der Waals surface area contributed by atoms with Crippen LogP contribution in [-0.2, 0) is 27.4 Å². The predicted octanol–water partition coefficient (Wildman–Crippen LogP) is 6.07. The minimum absolute atomic E-state index is 0.00904. The van der Waals surface area contributed by atoms with E-state index in [9.17, 15) is 26.4 Å². The first-order valence-corrected chi connectivity index (χ1v) is 13.4. The Morgan fingerprint density at radius 3 is 2.44 bits per heavy atom. The lowest BCUT2D eigenvalue weighted by Gasteiger charge is -2.12.